The van der Waals surface area contributed by atoms with E-state index in [2.05, 4.69) is 0 Å². The van der Waals surface area contributed by atoms with E-state index < -0.39 is 10.8 Å². The first kappa shape index (κ1) is 14.3. The maximum atomic E-state index is 12.4. The van der Waals surface area contributed by atoms with Crippen molar-refractivity contribution in [2.24, 2.45) is 5.92 Å². The lowest BCUT2D eigenvalue weighted by molar-refractivity contribution is -0.385. The molecule has 2 N–H and O–H groups in total. The van der Waals surface area contributed by atoms with Crippen LogP contribution >= 0.6 is 0 Å². The standard InChI is InChI=1S/C13H16N2O5/c16-8-9-2-1-5-14(7-9)13(18)11-6-10(17)3-4-12(11)15(19)20/h3-4,6,9,16-17H,1-2,5,7-8H2. The molecule has 1 aromatic carbocycles. The fraction of sp³-hybridized carbons (Fsp3) is 0.462. The van der Waals surface area contributed by atoms with Crippen LogP contribution in [-0.4, -0.2) is 45.6 Å². The normalized spacial score (nSPS) is 18.9. The fourth-order valence-electron chi connectivity index (χ4n) is 2.42. The Morgan fingerprint density at radius 1 is 1.50 bits per heavy atom. The molecule has 2 rings (SSSR count). The third-order valence-electron chi connectivity index (χ3n) is 3.47. The van der Waals surface area contributed by atoms with Crippen molar-refractivity contribution < 1.29 is 19.9 Å². The first-order chi connectivity index (χ1) is 9.52. The number of piperidine rings is 1. The van der Waals surface area contributed by atoms with Gasteiger partial charge in [0, 0.05) is 25.8 Å². The first-order valence-corrected chi connectivity index (χ1v) is 6.40. The van der Waals surface area contributed by atoms with Gasteiger partial charge in [-0.25, -0.2) is 0 Å². The van der Waals surface area contributed by atoms with E-state index in [0.717, 1.165) is 25.0 Å². The number of aliphatic hydroxyl groups is 1. The molecular weight excluding hydrogens is 264 g/mol. The lowest BCUT2D eigenvalue weighted by Gasteiger charge is -2.31. The smallest absolute Gasteiger partial charge is 0.282 e. The molecule has 1 heterocycles. The molecule has 0 saturated carbocycles. The van der Waals surface area contributed by atoms with Crippen molar-refractivity contribution in [3.05, 3.63) is 33.9 Å². The summed E-state index contributed by atoms with van der Waals surface area (Å²) >= 11 is 0. The molecule has 0 radical (unpaired) electrons. The number of hydrogen-bond donors (Lipinski definition) is 2. The second-order valence-corrected chi connectivity index (χ2v) is 4.90. The highest BCUT2D eigenvalue weighted by Crippen LogP contribution is 2.26. The topological polar surface area (TPSA) is 104 Å². The van der Waals surface area contributed by atoms with Gasteiger partial charge in [0.1, 0.15) is 11.3 Å². The Hall–Kier alpha value is -2.15. The summed E-state index contributed by atoms with van der Waals surface area (Å²) < 4.78 is 0. The van der Waals surface area contributed by atoms with Crippen LogP contribution in [0.5, 0.6) is 5.75 Å². The number of rotatable bonds is 3. The van der Waals surface area contributed by atoms with Gasteiger partial charge in [-0.15, -0.1) is 0 Å². The maximum Gasteiger partial charge on any atom is 0.282 e. The highest BCUT2D eigenvalue weighted by Gasteiger charge is 2.28. The number of carbonyl (C=O) groups is 1. The van der Waals surface area contributed by atoms with Crippen LogP contribution in [0, 0.1) is 16.0 Å². The van der Waals surface area contributed by atoms with E-state index in [9.17, 15) is 20.0 Å². The predicted molar refractivity (Wildman–Crippen MR) is 70.5 cm³/mol. The minimum atomic E-state index is -0.639. The van der Waals surface area contributed by atoms with Gasteiger partial charge >= 0.3 is 0 Å². The van der Waals surface area contributed by atoms with Crippen LogP contribution in [-0.2, 0) is 0 Å². The molecule has 1 unspecified atom stereocenters. The van der Waals surface area contributed by atoms with Gasteiger partial charge in [0.2, 0.25) is 0 Å². The highest BCUT2D eigenvalue weighted by atomic mass is 16.6. The number of phenols is 1. The van der Waals surface area contributed by atoms with Crippen LogP contribution in [0.1, 0.15) is 23.2 Å². The molecule has 7 heteroatoms. The van der Waals surface area contributed by atoms with Gasteiger partial charge in [-0.1, -0.05) is 0 Å². The first-order valence-electron chi connectivity index (χ1n) is 6.40. The van der Waals surface area contributed by atoms with Crippen LogP contribution in [0.25, 0.3) is 0 Å². The van der Waals surface area contributed by atoms with E-state index in [1.165, 1.54) is 11.0 Å². The maximum absolute atomic E-state index is 12.4. The van der Waals surface area contributed by atoms with Crippen molar-refractivity contribution >= 4 is 11.6 Å². The molecule has 108 valence electrons. The molecule has 1 fully saturated rings. The molecule has 7 nitrogen and oxygen atoms in total. The van der Waals surface area contributed by atoms with E-state index >= 15 is 0 Å². The molecule has 1 aromatic rings. The van der Waals surface area contributed by atoms with Crippen LogP contribution in [0.2, 0.25) is 0 Å². The second-order valence-electron chi connectivity index (χ2n) is 4.90. The number of benzene rings is 1. The van der Waals surface area contributed by atoms with Gasteiger partial charge in [0.25, 0.3) is 11.6 Å². The summed E-state index contributed by atoms with van der Waals surface area (Å²) in [4.78, 5) is 24.2. The molecule has 0 bridgehead atoms. The number of nitro groups is 1. The molecule has 1 aliphatic heterocycles. The Labute approximate surface area is 115 Å². The number of aromatic hydroxyl groups is 1. The lowest BCUT2D eigenvalue weighted by atomic mass is 9.98. The summed E-state index contributed by atoms with van der Waals surface area (Å²) in [5, 5.41) is 29.5. The quantitative estimate of drug-likeness (QED) is 0.638. The average Bonchev–Trinajstić information content (AvgIpc) is 2.46. The van der Waals surface area contributed by atoms with Gasteiger partial charge in [-0.2, -0.15) is 0 Å². The minimum Gasteiger partial charge on any atom is -0.508 e. The highest BCUT2D eigenvalue weighted by molar-refractivity contribution is 5.98. The van der Waals surface area contributed by atoms with Gasteiger partial charge < -0.3 is 15.1 Å². The van der Waals surface area contributed by atoms with E-state index in [-0.39, 0.29) is 29.5 Å². The monoisotopic (exact) mass is 280 g/mol. The molecule has 0 spiro atoms. The molecular formula is C13H16N2O5. The summed E-state index contributed by atoms with van der Waals surface area (Å²) in [7, 11) is 0. The van der Waals surface area contributed by atoms with Crippen molar-refractivity contribution in [2.75, 3.05) is 19.7 Å². The van der Waals surface area contributed by atoms with E-state index in [4.69, 9.17) is 5.11 Å². The molecule has 0 aromatic heterocycles. The number of nitro benzene ring substituents is 1. The van der Waals surface area contributed by atoms with Gasteiger partial charge in [0.05, 0.1) is 4.92 Å². The average molecular weight is 280 g/mol. The van der Waals surface area contributed by atoms with E-state index in [1.54, 1.807) is 0 Å². The van der Waals surface area contributed by atoms with Crippen LogP contribution in [0.15, 0.2) is 18.2 Å². The minimum absolute atomic E-state index is 0.00376. The third kappa shape index (κ3) is 2.88. The van der Waals surface area contributed by atoms with Crippen molar-refractivity contribution in [3.63, 3.8) is 0 Å². The van der Waals surface area contributed by atoms with Gasteiger partial charge in [-0.3, -0.25) is 14.9 Å². The summed E-state index contributed by atoms with van der Waals surface area (Å²) in [5.74, 6) is -0.663. The zero-order valence-electron chi connectivity index (χ0n) is 10.9. The fourth-order valence-corrected chi connectivity index (χ4v) is 2.42. The van der Waals surface area contributed by atoms with E-state index in [1.807, 2.05) is 0 Å². The van der Waals surface area contributed by atoms with Gasteiger partial charge in [0.15, 0.2) is 0 Å². The zero-order valence-corrected chi connectivity index (χ0v) is 10.9. The largest absolute Gasteiger partial charge is 0.508 e. The van der Waals surface area contributed by atoms with Crippen molar-refractivity contribution in [1.29, 1.82) is 0 Å². The van der Waals surface area contributed by atoms with E-state index in [0.29, 0.717) is 13.1 Å². The third-order valence-corrected chi connectivity index (χ3v) is 3.47. The number of likely N-dealkylation sites (tertiary alicyclic amines) is 1. The number of aliphatic hydroxyl groups excluding tert-OH is 1. The van der Waals surface area contributed by atoms with Crippen molar-refractivity contribution in [1.82, 2.24) is 4.90 Å². The Morgan fingerprint density at radius 3 is 2.90 bits per heavy atom. The summed E-state index contributed by atoms with van der Waals surface area (Å²) in [5.41, 5.74) is -0.437. The van der Waals surface area contributed by atoms with Gasteiger partial charge in [-0.05, 0) is 30.9 Å². The van der Waals surface area contributed by atoms with Crippen molar-refractivity contribution in [2.45, 2.75) is 12.8 Å². The summed E-state index contributed by atoms with van der Waals surface area (Å²) in [6.07, 6.45) is 1.59. The second kappa shape index (κ2) is 5.87. The van der Waals surface area contributed by atoms with Crippen LogP contribution in [0.3, 0.4) is 0 Å². The Balaban J connectivity index is 2.28. The van der Waals surface area contributed by atoms with Crippen LogP contribution in [0.4, 0.5) is 5.69 Å². The lowest BCUT2D eigenvalue weighted by Crippen LogP contribution is -2.41. The van der Waals surface area contributed by atoms with Crippen molar-refractivity contribution in [3.8, 4) is 5.75 Å². The number of hydrogen-bond acceptors (Lipinski definition) is 5. The Bertz CT molecular complexity index is 531. The molecule has 1 saturated heterocycles. The molecule has 1 aliphatic rings. The molecule has 20 heavy (non-hydrogen) atoms. The predicted octanol–water partition coefficient (Wildman–Crippen LogP) is 1.14. The summed E-state index contributed by atoms with van der Waals surface area (Å²) in [6, 6.07) is 3.42. The zero-order chi connectivity index (χ0) is 14.7. The Kier molecular flexibility index (Phi) is 4.19. The molecule has 1 atom stereocenters. The SMILES string of the molecule is O=C(c1cc(O)ccc1[N+](=O)[O-])N1CCCC(CO)C1. The Morgan fingerprint density at radius 2 is 2.25 bits per heavy atom. The number of amides is 1. The number of phenolic OH excluding ortho intramolecular Hbond substituents is 1. The number of nitrogens with zero attached hydrogens (tertiary/aromatic N) is 2. The molecule has 0 aliphatic carbocycles. The molecule has 1 amide bonds. The van der Waals surface area contributed by atoms with Crippen LogP contribution < -0.4 is 0 Å². The number of carbonyl (C=O) groups excluding carboxylic acids is 1. The summed E-state index contributed by atoms with van der Waals surface area (Å²) in [6.45, 7) is 0.871.